The average Bonchev–Trinajstić information content (AvgIpc) is 2.73. The van der Waals surface area contributed by atoms with Crippen molar-refractivity contribution in [3.8, 4) is 11.5 Å². The average molecular weight is 451 g/mol. The van der Waals surface area contributed by atoms with Crippen molar-refractivity contribution in [2.75, 3.05) is 27.2 Å². The number of ether oxygens (including phenoxy) is 1. The molecular formula is C19H22N3O6PS. The third-order valence-corrected chi connectivity index (χ3v) is 8.29. The third-order valence-electron chi connectivity index (χ3n) is 4.25. The first kappa shape index (κ1) is 22.3. The molecule has 11 heteroatoms. The summed E-state index contributed by atoms with van der Waals surface area (Å²) in [5, 5.41) is 14.3. The van der Waals surface area contributed by atoms with Crippen molar-refractivity contribution < 1.29 is 23.5 Å². The fourth-order valence-corrected chi connectivity index (χ4v) is 6.20. The summed E-state index contributed by atoms with van der Waals surface area (Å²) >= 11 is 1.14. The van der Waals surface area contributed by atoms with Gasteiger partial charge in [0, 0.05) is 38.0 Å². The molecule has 30 heavy (non-hydrogen) atoms. The summed E-state index contributed by atoms with van der Waals surface area (Å²) in [5.41, 5.74) is 1.01. The second-order valence-corrected chi connectivity index (χ2v) is 11.1. The van der Waals surface area contributed by atoms with Crippen molar-refractivity contribution in [1.29, 1.82) is 0 Å². The van der Waals surface area contributed by atoms with E-state index < -0.39 is 11.6 Å². The Hall–Kier alpha value is -2.39. The van der Waals surface area contributed by atoms with Crippen LogP contribution < -0.4 is 9.82 Å². The predicted molar refractivity (Wildman–Crippen MR) is 115 cm³/mol. The normalized spacial score (nSPS) is 18.6. The van der Waals surface area contributed by atoms with Gasteiger partial charge in [0.25, 0.3) is 5.91 Å². The van der Waals surface area contributed by atoms with Crippen LogP contribution in [0.4, 0.5) is 5.69 Å². The number of nitrogens with one attached hydrogen (secondary N) is 1. The first-order valence-electron chi connectivity index (χ1n) is 9.18. The highest BCUT2D eigenvalue weighted by Crippen LogP contribution is 2.58. The Morgan fingerprint density at radius 3 is 2.63 bits per heavy atom. The maximum absolute atomic E-state index is 12.6. The molecule has 2 aromatic rings. The van der Waals surface area contributed by atoms with Gasteiger partial charge in [-0.05, 0) is 53.7 Å². The molecule has 1 N–H and O–H groups in total. The minimum Gasteiger partial charge on any atom is -0.450 e. The Kier molecular flexibility index (Phi) is 7.14. The Bertz CT molecular complexity index is 973. The molecule has 1 aliphatic heterocycles. The van der Waals surface area contributed by atoms with Crippen LogP contribution in [0, 0.1) is 10.1 Å². The molecule has 0 spiro atoms. The van der Waals surface area contributed by atoms with E-state index in [4.69, 9.17) is 9.26 Å². The molecule has 3 rings (SSSR count). The predicted octanol–water partition coefficient (Wildman–Crippen LogP) is 4.44. The summed E-state index contributed by atoms with van der Waals surface area (Å²) in [4.78, 5) is 24.3. The summed E-state index contributed by atoms with van der Waals surface area (Å²) in [6.45, 7) is -1.89. The Morgan fingerprint density at radius 1 is 1.30 bits per heavy atom. The van der Waals surface area contributed by atoms with Crippen molar-refractivity contribution in [2.45, 2.75) is 12.2 Å². The molecule has 0 aliphatic carbocycles. The third kappa shape index (κ3) is 5.60. The molecule has 0 bridgehead atoms. The van der Waals surface area contributed by atoms with Gasteiger partial charge in [0.15, 0.2) is 0 Å². The van der Waals surface area contributed by atoms with Crippen LogP contribution in [0.3, 0.4) is 0 Å². The quantitative estimate of drug-likeness (QED) is 0.374. The number of rotatable bonds is 7. The zero-order chi connectivity index (χ0) is 21.7. The van der Waals surface area contributed by atoms with Crippen molar-refractivity contribution in [3.05, 3.63) is 63.7 Å². The summed E-state index contributed by atoms with van der Waals surface area (Å²) < 4.78 is 23.6. The maximum Gasteiger partial charge on any atom is 0.326 e. The van der Waals surface area contributed by atoms with Crippen molar-refractivity contribution in [2.24, 2.45) is 0 Å². The number of nitrogens with zero attached hydrogens (tertiary/aromatic N) is 2. The van der Waals surface area contributed by atoms with E-state index >= 15 is 0 Å². The number of carbonyl (C=O) groups is 1. The lowest BCUT2D eigenvalue weighted by Gasteiger charge is -2.23. The fourth-order valence-electron chi connectivity index (χ4n) is 2.69. The fraction of sp³-hybridized carbons (Fsp3) is 0.316. The van der Waals surface area contributed by atoms with Gasteiger partial charge in [-0.2, -0.15) is 0 Å². The van der Waals surface area contributed by atoms with Crippen LogP contribution in [0.1, 0.15) is 22.3 Å². The molecule has 9 nitrogen and oxygen atoms in total. The smallest absolute Gasteiger partial charge is 0.326 e. The Labute approximate surface area is 178 Å². The largest absolute Gasteiger partial charge is 0.450 e. The van der Waals surface area contributed by atoms with Crippen LogP contribution in [0.25, 0.3) is 0 Å². The van der Waals surface area contributed by atoms with E-state index in [-0.39, 0.29) is 17.3 Å². The zero-order valence-electron chi connectivity index (χ0n) is 16.6. The van der Waals surface area contributed by atoms with Gasteiger partial charge in [0.05, 0.1) is 11.5 Å². The van der Waals surface area contributed by atoms with Crippen LogP contribution in [0.15, 0.2) is 42.5 Å². The monoisotopic (exact) mass is 451 g/mol. The minimum atomic E-state index is -2.96. The molecular weight excluding hydrogens is 429 g/mol. The van der Waals surface area contributed by atoms with E-state index in [1.807, 2.05) is 0 Å². The number of benzene rings is 2. The number of nitro benzene ring substituents is 1. The van der Waals surface area contributed by atoms with Gasteiger partial charge in [0.2, 0.25) is 5.75 Å². The molecule has 2 aromatic carbocycles. The van der Waals surface area contributed by atoms with Gasteiger partial charge in [0.1, 0.15) is 5.75 Å². The SMILES string of the molecule is CN(C)C(=O)c1ccc(Oc2cc(CSP3(=O)NCCCO3)ccc2[N+](=O)[O-])cc1. The van der Waals surface area contributed by atoms with E-state index in [2.05, 4.69) is 5.09 Å². The lowest BCUT2D eigenvalue weighted by Crippen LogP contribution is -2.21. The van der Waals surface area contributed by atoms with Crippen molar-refractivity contribution in [3.63, 3.8) is 0 Å². The molecule has 1 unspecified atom stereocenters. The van der Waals surface area contributed by atoms with E-state index in [9.17, 15) is 19.5 Å². The second-order valence-electron chi connectivity index (χ2n) is 6.75. The molecule has 1 saturated heterocycles. The van der Waals surface area contributed by atoms with E-state index in [1.165, 1.54) is 11.0 Å². The molecule has 1 heterocycles. The second kappa shape index (κ2) is 9.61. The zero-order valence-corrected chi connectivity index (χ0v) is 18.3. The number of hydrogen-bond donors (Lipinski definition) is 1. The molecule has 1 amide bonds. The molecule has 1 fully saturated rings. The minimum absolute atomic E-state index is 0.0700. The van der Waals surface area contributed by atoms with Crippen molar-refractivity contribution in [1.82, 2.24) is 9.99 Å². The standard InChI is InChI=1S/C19H22N3O6PS/c1-21(2)19(23)15-5-7-16(8-6-15)28-18-12-14(4-9-17(18)22(24)25)13-30-29(26)20-10-3-11-27-29/h4-9,12H,3,10-11,13H2,1-2H3,(H,20,26). The molecule has 0 radical (unpaired) electrons. The lowest BCUT2D eigenvalue weighted by atomic mass is 10.2. The number of nitro groups is 1. The topological polar surface area (TPSA) is 111 Å². The summed E-state index contributed by atoms with van der Waals surface area (Å²) in [5.74, 6) is 0.624. The molecule has 160 valence electrons. The van der Waals surface area contributed by atoms with Crippen LogP contribution in [-0.4, -0.2) is 43.0 Å². The first-order chi connectivity index (χ1) is 14.3. The van der Waals surface area contributed by atoms with Crippen LogP contribution in [0.5, 0.6) is 11.5 Å². The van der Waals surface area contributed by atoms with Crippen LogP contribution in [-0.2, 0) is 14.8 Å². The van der Waals surface area contributed by atoms with E-state index in [0.717, 1.165) is 17.8 Å². The number of hydrogen-bond acceptors (Lipinski definition) is 7. The highest BCUT2D eigenvalue weighted by molar-refractivity contribution is 8.55. The van der Waals surface area contributed by atoms with E-state index in [0.29, 0.717) is 35.8 Å². The highest BCUT2D eigenvalue weighted by atomic mass is 32.7. The summed E-state index contributed by atoms with van der Waals surface area (Å²) in [6, 6.07) is 10.9. The van der Waals surface area contributed by atoms with Gasteiger partial charge in [-0.3, -0.25) is 19.5 Å². The van der Waals surface area contributed by atoms with Gasteiger partial charge >= 0.3 is 12.4 Å². The first-order valence-corrected chi connectivity index (χ1v) is 12.4. The van der Waals surface area contributed by atoms with Gasteiger partial charge in [-0.25, -0.2) is 5.09 Å². The number of amides is 1. The lowest BCUT2D eigenvalue weighted by molar-refractivity contribution is -0.385. The van der Waals surface area contributed by atoms with E-state index in [1.54, 1.807) is 50.5 Å². The Morgan fingerprint density at radius 2 is 2.03 bits per heavy atom. The summed E-state index contributed by atoms with van der Waals surface area (Å²) in [6.07, 6.45) is 0.805. The highest BCUT2D eigenvalue weighted by Gasteiger charge is 2.27. The van der Waals surface area contributed by atoms with Crippen LogP contribution >= 0.6 is 18.1 Å². The molecule has 1 aliphatic rings. The van der Waals surface area contributed by atoms with Crippen LogP contribution in [0.2, 0.25) is 0 Å². The molecule has 0 saturated carbocycles. The number of carbonyl (C=O) groups excluding carboxylic acids is 1. The molecule has 1 atom stereocenters. The maximum atomic E-state index is 12.6. The van der Waals surface area contributed by atoms with Gasteiger partial charge in [-0.1, -0.05) is 6.07 Å². The Balaban J connectivity index is 1.77. The van der Waals surface area contributed by atoms with Gasteiger partial charge in [-0.15, -0.1) is 0 Å². The summed E-state index contributed by atoms with van der Waals surface area (Å²) in [7, 11) is 3.31. The van der Waals surface area contributed by atoms with Crippen molar-refractivity contribution >= 4 is 29.7 Å². The van der Waals surface area contributed by atoms with Gasteiger partial charge < -0.3 is 14.2 Å². The molecule has 0 aromatic heterocycles.